The predicted octanol–water partition coefficient (Wildman–Crippen LogP) is 3.62. The van der Waals surface area contributed by atoms with Gasteiger partial charge in [-0.2, -0.15) is 10.1 Å². The summed E-state index contributed by atoms with van der Waals surface area (Å²) >= 11 is 0. The Labute approximate surface area is 189 Å². The molecule has 168 valence electrons. The van der Waals surface area contributed by atoms with Crippen molar-refractivity contribution in [2.45, 2.75) is 24.8 Å². The molecular weight excluding hydrogens is 426 g/mol. The quantitative estimate of drug-likeness (QED) is 0.465. The van der Waals surface area contributed by atoms with E-state index < -0.39 is 11.0 Å². The summed E-state index contributed by atoms with van der Waals surface area (Å²) < 4.78 is 12.4. The van der Waals surface area contributed by atoms with Gasteiger partial charge < -0.3 is 14.8 Å². The van der Waals surface area contributed by atoms with Gasteiger partial charge in [-0.3, -0.25) is 14.9 Å². The third-order valence-electron chi connectivity index (χ3n) is 6.14. The van der Waals surface area contributed by atoms with Crippen LogP contribution in [0.3, 0.4) is 0 Å². The molecular formula is C23H21N5O5. The first-order valence-electron chi connectivity index (χ1n) is 10.4. The zero-order valence-electron chi connectivity index (χ0n) is 18.0. The van der Waals surface area contributed by atoms with Crippen molar-refractivity contribution in [2.24, 2.45) is 0 Å². The highest BCUT2D eigenvalue weighted by molar-refractivity contribution is 6.00. The van der Waals surface area contributed by atoms with Crippen LogP contribution in [0, 0.1) is 10.1 Å². The fourth-order valence-electron chi connectivity index (χ4n) is 4.61. The van der Waals surface area contributed by atoms with E-state index in [9.17, 15) is 14.9 Å². The maximum absolute atomic E-state index is 13.5. The Kier molecular flexibility index (Phi) is 5.04. The van der Waals surface area contributed by atoms with Gasteiger partial charge in [-0.1, -0.05) is 18.2 Å². The number of benzene rings is 2. The number of nitrogens with one attached hydrogen (secondary N) is 1. The number of ketones is 1. The fourth-order valence-corrected chi connectivity index (χ4v) is 4.61. The van der Waals surface area contributed by atoms with Crippen LogP contribution in [0.1, 0.15) is 35.9 Å². The number of Topliss-reactive ketones (excluding diaryl/α,β-unsaturated/α-hetero) is 1. The van der Waals surface area contributed by atoms with E-state index >= 15 is 0 Å². The first-order chi connectivity index (χ1) is 16.0. The van der Waals surface area contributed by atoms with E-state index in [1.807, 2.05) is 18.2 Å². The Bertz CT molecular complexity index is 1300. The van der Waals surface area contributed by atoms with Gasteiger partial charge >= 0.3 is 0 Å². The summed E-state index contributed by atoms with van der Waals surface area (Å²) in [7, 11) is 3.16. The van der Waals surface area contributed by atoms with Gasteiger partial charge in [0.05, 0.1) is 19.1 Å². The van der Waals surface area contributed by atoms with Crippen molar-refractivity contribution in [1.82, 2.24) is 14.8 Å². The minimum Gasteiger partial charge on any atom is -0.493 e. The molecule has 5 rings (SSSR count). The van der Waals surface area contributed by atoms with E-state index in [0.29, 0.717) is 41.4 Å². The third kappa shape index (κ3) is 3.49. The smallest absolute Gasteiger partial charge is 0.269 e. The fraction of sp³-hybridized carbons (Fsp3) is 0.261. The molecule has 0 amide bonds. The summed E-state index contributed by atoms with van der Waals surface area (Å²) in [6, 6.07) is 11.4. The van der Waals surface area contributed by atoms with Gasteiger partial charge in [0.15, 0.2) is 17.3 Å². The summed E-state index contributed by atoms with van der Waals surface area (Å²) in [5, 5.41) is 18.9. The van der Waals surface area contributed by atoms with Gasteiger partial charge in [0.2, 0.25) is 5.95 Å². The predicted molar refractivity (Wildman–Crippen MR) is 118 cm³/mol. The second-order valence-corrected chi connectivity index (χ2v) is 7.94. The summed E-state index contributed by atoms with van der Waals surface area (Å²) in [4.78, 5) is 28.6. The Morgan fingerprint density at radius 3 is 2.67 bits per heavy atom. The van der Waals surface area contributed by atoms with Crippen molar-refractivity contribution < 1.29 is 19.2 Å². The molecule has 10 heteroatoms. The molecule has 1 aliphatic heterocycles. The van der Waals surface area contributed by atoms with Crippen LogP contribution in [0.15, 0.2) is 60.1 Å². The van der Waals surface area contributed by atoms with E-state index in [4.69, 9.17) is 9.47 Å². The van der Waals surface area contributed by atoms with Gasteiger partial charge in [-0.15, -0.1) is 0 Å². The number of methoxy groups -OCH3 is 2. The highest BCUT2D eigenvalue weighted by Crippen LogP contribution is 2.45. The molecule has 0 saturated carbocycles. The Balaban J connectivity index is 1.57. The van der Waals surface area contributed by atoms with Crippen LogP contribution in [0.25, 0.3) is 0 Å². The molecule has 2 aromatic carbocycles. The standard InChI is InChI=1S/C23H21N5O5/c1-32-19-7-6-13(11-20(19)33-2)15-9-17-21(18(29)10-15)22(27-23(26-17)24-12-25-27)14-4-3-5-16(8-14)28(30)31/h3-8,11-12,15,22H,9-10H2,1-2H3,(H,24,25,26)/t15-,22-/m1/s1. The number of carbonyl (C=O) groups excluding carboxylic acids is 1. The number of aromatic nitrogens is 3. The number of hydrogen-bond donors (Lipinski definition) is 1. The summed E-state index contributed by atoms with van der Waals surface area (Å²) in [6.45, 7) is 0. The Hall–Kier alpha value is -4.21. The largest absolute Gasteiger partial charge is 0.493 e. The number of nitro benzene ring substituents is 1. The molecule has 0 spiro atoms. The molecule has 0 bridgehead atoms. The molecule has 0 radical (unpaired) electrons. The summed E-state index contributed by atoms with van der Waals surface area (Å²) in [6.07, 6.45) is 2.28. The first-order valence-corrected chi connectivity index (χ1v) is 10.4. The minimum absolute atomic E-state index is 0.0405. The van der Waals surface area contributed by atoms with Crippen LogP contribution in [-0.4, -0.2) is 39.7 Å². The topological polar surface area (TPSA) is 121 Å². The lowest BCUT2D eigenvalue weighted by molar-refractivity contribution is -0.384. The number of rotatable bonds is 5. The number of nitrogens with zero attached hydrogens (tertiary/aromatic N) is 4. The molecule has 10 nitrogen and oxygen atoms in total. The van der Waals surface area contributed by atoms with Crippen molar-refractivity contribution in [3.05, 3.63) is 81.3 Å². The molecule has 33 heavy (non-hydrogen) atoms. The second-order valence-electron chi connectivity index (χ2n) is 7.94. The van der Waals surface area contributed by atoms with Crippen LogP contribution in [0.4, 0.5) is 11.6 Å². The third-order valence-corrected chi connectivity index (χ3v) is 6.14. The van der Waals surface area contributed by atoms with Crippen molar-refractivity contribution in [2.75, 3.05) is 19.5 Å². The zero-order chi connectivity index (χ0) is 23.1. The lowest BCUT2D eigenvalue weighted by Crippen LogP contribution is -2.33. The van der Waals surface area contributed by atoms with E-state index in [2.05, 4.69) is 15.4 Å². The van der Waals surface area contributed by atoms with E-state index in [0.717, 1.165) is 11.3 Å². The zero-order valence-corrected chi connectivity index (χ0v) is 18.0. The van der Waals surface area contributed by atoms with Crippen molar-refractivity contribution in [3.8, 4) is 11.5 Å². The molecule has 0 unspecified atom stereocenters. The lowest BCUT2D eigenvalue weighted by Gasteiger charge is -2.35. The van der Waals surface area contributed by atoms with Crippen molar-refractivity contribution >= 4 is 17.4 Å². The number of allylic oxidation sites excluding steroid dienone is 2. The average Bonchev–Trinajstić information content (AvgIpc) is 3.30. The summed E-state index contributed by atoms with van der Waals surface area (Å²) in [5.41, 5.74) is 2.85. The van der Waals surface area contributed by atoms with Crippen molar-refractivity contribution in [3.63, 3.8) is 0 Å². The highest BCUT2D eigenvalue weighted by atomic mass is 16.6. The monoisotopic (exact) mass is 447 g/mol. The van der Waals surface area contributed by atoms with Crippen LogP contribution in [0.2, 0.25) is 0 Å². The Morgan fingerprint density at radius 2 is 1.91 bits per heavy atom. The number of hydrogen-bond acceptors (Lipinski definition) is 8. The van der Waals surface area contributed by atoms with Gasteiger partial charge in [-0.25, -0.2) is 4.68 Å². The average molecular weight is 447 g/mol. The van der Waals surface area contributed by atoms with Crippen LogP contribution >= 0.6 is 0 Å². The summed E-state index contributed by atoms with van der Waals surface area (Å²) in [5.74, 6) is 1.61. The van der Waals surface area contributed by atoms with Crippen LogP contribution in [0.5, 0.6) is 11.5 Å². The lowest BCUT2D eigenvalue weighted by atomic mass is 9.78. The van der Waals surface area contributed by atoms with Gasteiger partial charge in [0.1, 0.15) is 12.4 Å². The minimum atomic E-state index is -0.586. The number of ether oxygens (including phenoxy) is 2. The van der Waals surface area contributed by atoms with E-state index in [1.54, 1.807) is 31.0 Å². The van der Waals surface area contributed by atoms with Crippen LogP contribution < -0.4 is 14.8 Å². The number of carbonyl (C=O) groups is 1. The second kappa shape index (κ2) is 8.05. The molecule has 2 atom stereocenters. The van der Waals surface area contributed by atoms with Gasteiger partial charge in [0.25, 0.3) is 5.69 Å². The van der Waals surface area contributed by atoms with Gasteiger partial charge in [-0.05, 0) is 35.6 Å². The number of nitro groups is 1. The number of anilines is 1. The molecule has 0 fully saturated rings. The Morgan fingerprint density at radius 1 is 1.09 bits per heavy atom. The van der Waals surface area contributed by atoms with E-state index in [1.165, 1.54) is 18.5 Å². The SMILES string of the molecule is COc1ccc([C@H]2CC(=O)C3=C(C2)Nc2ncnn2[C@@H]3c2cccc([N+](=O)[O-])c2)cc1OC. The molecule has 2 aliphatic rings. The van der Waals surface area contributed by atoms with Crippen LogP contribution in [-0.2, 0) is 4.79 Å². The maximum Gasteiger partial charge on any atom is 0.269 e. The normalized spacial score (nSPS) is 19.4. The molecule has 1 N–H and O–H groups in total. The first kappa shape index (κ1) is 20.7. The molecule has 2 heterocycles. The molecule has 0 saturated heterocycles. The van der Waals surface area contributed by atoms with E-state index in [-0.39, 0.29) is 17.4 Å². The van der Waals surface area contributed by atoms with Gasteiger partial charge in [0, 0.05) is 29.8 Å². The van der Waals surface area contributed by atoms with Crippen molar-refractivity contribution in [1.29, 1.82) is 0 Å². The molecule has 1 aliphatic carbocycles. The molecule has 1 aromatic heterocycles. The maximum atomic E-state index is 13.5. The molecule has 3 aromatic rings. The highest BCUT2D eigenvalue weighted by Gasteiger charge is 2.39. The number of non-ortho nitro benzene ring substituents is 1. The number of fused-ring (bicyclic) bond motifs is 1.